The van der Waals surface area contributed by atoms with Crippen LogP contribution >= 0.6 is 0 Å². The highest BCUT2D eigenvalue weighted by Gasteiger charge is 2.41. The van der Waals surface area contributed by atoms with Crippen molar-refractivity contribution < 1.29 is 0 Å². The number of para-hydroxylation sites is 3. The minimum absolute atomic E-state index is 1.01. The molecule has 0 unspecified atom stereocenters. The van der Waals surface area contributed by atoms with Crippen LogP contribution in [0.1, 0.15) is 0 Å². The lowest BCUT2D eigenvalue weighted by Gasteiger charge is -2.34. The van der Waals surface area contributed by atoms with Crippen LogP contribution in [0.5, 0.6) is 0 Å². The molecule has 13 rings (SSSR count). The van der Waals surface area contributed by atoms with Crippen LogP contribution in [-0.2, 0) is 0 Å². The lowest BCUT2D eigenvalue weighted by atomic mass is 10.1. The first kappa shape index (κ1) is 36.4. The number of hydrogen-bond donors (Lipinski definition) is 0. The second-order valence-corrected chi connectivity index (χ2v) is 20.5. The van der Waals surface area contributed by atoms with Gasteiger partial charge in [0.25, 0.3) is 0 Å². The number of rotatable bonds is 7. The van der Waals surface area contributed by atoms with E-state index in [1.54, 1.807) is 0 Å². The fraction of sp³-hybridized carbons (Fsp3) is 0. The summed E-state index contributed by atoms with van der Waals surface area (Å²) in [6, 6.07) is 87.3. The van der Waals surface area contributed by atoms with E-state index in [4.69, 9.17) is 4.98 Å². The molecule has 300 valence electrons. The van der Waals surface area contributed by atoms with E-state index in [2.05, 4.69) is 244 Å². The quantitative estimate of drug-likeness (QED) is 0.116. The van der Waals surface area contributed by atoms with Gasteiger partial charge in [-0.2, -0.15) is 0 Å². The lowest BCUT2D eigenvalue weighted by molar-refractivity contribution is 1.15. The zero-order valence-corrected chi connectivity index (χ0v) is 35.9. The van der Waals surface area contributed by atoms with Gasteiger partial charge in [-0.1, -0.05) is 164 Å². The van der Waals surface area contributed by atoms with Crippen molar-refractivity contribution in [1.29, 1.82) is 0 Å². The zero-order chi connectivity index (χ0) is 42.2. The molecule has 0 saturated carbocycles. The van der Waals surface area contributed by atoms with Gasteiger partial charge in [0.1, 0.15) is 0 Å². The summed E-state index contributed by atoms with van der Waals surface area (Å²) in [7, 11) is -2.75. The topological polar surface area (TPSA) is 27.7 Å². The van der Waals surface area contributed by atoms with Gasteiger partial charge >= 0.3 is 0 Å². The molecule has 64 heavy (non-hydrogen) atoms. The summed E-state index contributed by atoms with van der Waals surface area (Å²) in [5, 5.41) is 11.5. The number of nitrogens with zero attached hydrogens (tertiary/aromatic N) is 4. The van der Waals surface area contributed by atoms with Crippen LogP contribution in [0.4, 0.5) is 0 Å². The fourth-order valence-corrected chi connectivity index (χ4v) is 15.5. The monoisotopic (exact) mass is 832 g/mol. The van der Waals surface area contributed by atoms with Crippen molar-refractivity contribution in [3.8, 4) is 17.1 Å². The van der Waals surface area contributed by atoms with Crippen LogP contribution in [0.15, 0.2) is 243 Å². The van der Waals surface area contributed by atoms with Gasteiger partial charge in [0.2, 0.25) is 0 Å². The van der Waals surface area contributed by atoms with E-state index in [1.165, 1.54) is 58.8 Å². The maximum absolute atomic E-state index is 4.83. The van der Waals surface area contributed by atoms with Crippen molar-refractivity contribution in [3.63, 3.8) is 0 Å². The van der Waals surface area contributed by atoms with Crippen molar-refractivity contribution in [2.75, 3.05) is 0 Å². The van der Waals surface area contributed by atoms with Gasteiger partial charge < -0.3 is 13.7 Å². The van der Waals surface area contributed by atoms with Gasteiger partial charge in [-0.25, -0.2) is 0 Å². The Morgan fingerprint density at radius 2 is 0.703 bits per heavy atom. The second-order valence-electron chi connectivity index (χ2n) is 16.7. The predicted molar refractivity (Wildman–Crippen MR) is 271 cm³/mol. The summed E-state index contributed by atoms with van der Waals surface area (Å²) in [6.45, 7) is 0. The molecule has 5 heteroatoms. The Kier molecular flexibility index (Phi) is 8.20. The second kappa shape index (κ2) is 14.4. The molecule has 0 fully saturated rings. The van der Waals surface area contributed by atoms with Gasteiger partial charge in [-0.05, 0) is 93.5 Å². The molecule has 0 aliphatic heterocycles. The highest BCUT2D eigenvalue weighted by molar-refractivity contribution is 7.19. The molecular formula is C59H40N4Si. The maximum atomic E-state index is 4.83. The van der Waals surface area contributed by atoms with Crippen LogP contribution < -0.4 is 20.7 Å². The first-order valence-corrected chi connectivity index (χ1v) is 24.0. The molecule has 4 aromatic heterocycles. The van der Waals surface area contributed by atoms with E-state index in [-0.39, 0.29) is 0 Å². The van der Waals surface area contributed by atoms with Gasteiger partial charge in [0.05, 0.1) is 38.6 Å². The standard InChI is InChI=1S/C59H40N4Si/c1-4-19-44(20-5-1)64(45-21-6-2-7-22-45,46-23-8-3-9-24-46)47-25-16-18-41(38-47)61-54-30-14-11-27-49(54)52-39-42(34-36-56(52)61)63-53-29-13-10-26-48(53)50-35-33-43(40-58(50)63)62-55-31-15-12-28-51(55)59-57(62)32-17-37-60-59/h1-40H. The minimum atomic E-state index is -2.75. The Hall–Kier alpha value is -8.25. The molecule has 0 spiro atoms. The molecule has 0 aliphatic carbocycles. The zero-order valence-electron chi connectivity index (χ0n) is 34.9. The highest BCUT2D eigenvalue weighted by Crippen LogP contribution is 2.39. The summed E-state index contributed by atoms with van der Waals surface area (Å²) in [4.78, 5) is 4.83. The number of aromatic nitrogens is 4. The van der Waals surface area contributed by atoms with Crippen molar-refractivity contribution >= 4 is 94.4 Å². The van der Waals surface area contributed by atoms with Crippen molar-refractivity contribution in [2.24, 2.45) is 0 Å². The summed E-state index contributed by atoms with van der Waals surface area (Å²) >= 11 is 0. The lowest BCUT2D eigenvalue weighted by Crippen LogP contribution is -2.74. The van der Waals surface area contributed by atoms with Crippen LogP contribution in [0, 0.1) is 0 Å². The normalized spacial score (nSPS) is 12.1. The Balaban J connectivity index is 1.03. The van der Waals surface area contributed by atoms with Crippen LogP contribution in [0.25, 0.3) is 82.6 Å². The third kappa shape index (κ3) is 5.31. The molecule has 0 bridgehead atoms. The van der Waals surface area contributed by atoms with Crippen LogP contribution in [0.3, 0.4) is 0 Å². The van der Waals surface area contributed by atoms with E-state index >= 15 is 0 Å². The Labute approximate surface area is 371 Å². The Morgan fingerprint density at radius 1 is 0.266 bits per heavy atom. The van der Waals surface area contributed by atoms with E-state index in [0.717, 1.165) is 44.5 Å². The average molecular weight is 833 g/mol. The van der Waals surface area contributed by atoms with E-state index in [9.17, 15) is 0 Å². The molecule has 0 saturated heterocycles. The smallest absolute Gasteiger partial charge is 0.179 e. The van der Waals surface area contributed by atoms with Gasteiger partial charge in [-0.15, -0.1) is 0 Å². The van der Waals surface area contributed by atoms with Crippen molar-refractivity contribution in [3.05, 3.63) is 243 Å². The third-order valence-electron chi connectivity index (χ3n) is 13.4. The molecular weight excluding hydrogens is 793 g/mol. The molecule has 0 amide bonds. The molecule has 0 radical (unpaired) electrons. The third-order valence-corrected chi connectivity index (χ3v) is 18.2. The van der Waals surface area contributed by atoms with Gasteiger partial charge in [0, 0.05) is 50.2 Å². The summed E-state index contributed by atoms with van der Waals surface area (Å²) in [6.07, 6.45) is 1.89. The van der Waals surface area contributed by atoms with Crippen LogP contribution in [-0.4, -0.2) is 26.8 Å². The molecule has 0 atom stereocenters. The summed E-state index contributed by atoms with van der Waals surface area (Å²) in [5.41, 5.74) is 11.3. The SMILES string of the molecule is c1ccc([Si](c2ccccc2)(c2ccccc2)c2cccc(-n3c4ccccc4c4cc(-n5c6ccccc6c6ccc(-n7c8ccccc8c8ncccc87)cc65)ccc43)c2)cc1. The number of pyridine rings is 1. The van der Waals surface area contributed by atoms with Gasteiger partial charge in [0.15, 0.2) is 8.07 Å². The van der Waals surface area contributed by atoms with E-state index in [1.807, 2.05) is 12.3 Å². The largest absolute Gasteiger partial charge is 0.309 e. The van der Waals surface area contributed by atoms with Gasteiger partial charge in [-0.3, -0.25) is 4.98 Å². The summed E-state index contributed by atoms with van der Waals surface area (Å²) in [5.74, 6) is 0. The number of hydrogen-bond acceptors (Lipinski definition) is 1. The molecule has 4 heterocycles. The first-order chi connectivity index (χ1) is 31.8. The molecule has 9 aromatic carbocycles. The van der Waals surface area contributed by atoms with E-state index in [0.29, 0.717) is 0 Å². The average Bonchev–Trinajstić information content (AvgIpc) is 4.01. The molecule has 0 N–H and O–H groups in total. The molecule has 0 aliphatic rings. The van der Waals surface area contributed by atoms with Crippen molar-refractivity contribution in [2.45, 2.75) is 0 Å². The number of benzene rings is 9. The van der Waals surface area contributed by atoms with Crippen molar-refractivity contribution in [1.82, 2.24) is 18.7 Å². The summed E-state index contributed by atoms with van der Waals surface area (Å²) < 4.78 is 7.28. The number of fused-ring (bicyclic) bond motifs is 9. The fourth-order valence-electron chi connectivity index (χ4n) is 10.8. The van der Waals surface area contributed by atoms with Crippen LogP contribution in [0.2, 0.25) is 0 Å². The first-order valence-electron chi connectivity index (χ1n) is 22.0. The molecule has 13 aromatic rings. The highest BCUT2D eigenvalue weighted by atomic mass is 28.3. The minimum Gasteiger partial charge on any atom is -0.309 e. The Morgan fingerprint density at radius 3 is 1.36 bits per heavy atom. The molecule has 4 nitrogen and oxygen atoms in total. The Bertz CT molecular complexity index is 3750. The predicted octanol–water partition coefficient (Wildman–Crippen LogP) is 11.8. The van der Waals surface area contributed by atoms with E-state index < -0.39 is 8.07 Å². The maximum Gasteiger partial charge on any atom is 0.179 e.